The van der Waals surface area contributed by atoms with E-state index in [0.717, 1.165) is 27.5 Å². The van der Waals surface area contributed by atoms with Crippen LogP contribution in [0, 0.1) is 6.92 Å². The molecule has 0 spiro atoms. The molecule has 5 nitrogen and oxygen atoms in total. The van der Waals surface area contributed by atoms with Crippen molar-refractivity contribution in [2.45, 2.75) is 23.5 Å². The molecule has 2 heterocycles. The second-order valence-corrected chi connectivity index (χ2v) is 8.97. The minimum absolute atomic E-state index is 0.00434. The smallest absolute Gasteiger partial charge is 0.349 e. The minimum atomic E-state index is -0.588. The molecule has 1 unspecified atom stereocenters. The largest absolute Gasteiger partial charge is 0.506 e. The highest BCUT2D eigenvalue weighted by Crippen LogP contribution is 2.46. The number of para-hydroxylation sites is 1. The third kappa shape index (κ3) is 3.67. The molecule has 0 fully saturated rings. The van der Waals surface area contributed by atoms with E-state index in [-0.39, 0.29) is 16.6 Å². The summed E-state index contributed by atoms with van der Waals surface area (Å²) < 4.78 is 10.9. The van der Waals surface area contributed by atoms with Crippen LogP contribution in [0.5, 0.6) is 11.5 Å². The van der Waals surface area contributed by atoms with Crippen molar-refractivity contribution in [1.82, 2.24) is 0 Å². The number of thioether (sulfide) groups is 1. The van der Waals surface area contributed by atoms with Crippen LogP contribution < -0.4 is 10.4 Å². The standard InChI is InChI=1S/C26H21NO4S/c1-15-7-12-21-18(13-15)25(28)24(26(29)31-21)20-14-23(16-8-10-17(30-2)11-9-16)32-22-6-4-3-5-19(22)27-20/h3-13,23,28H,14H2,1-2H3. The van der Waals surface area contributed by atoms with E-state index in [2.05, 4.69) is 0 Å². The number of aromatic hydroxyl groups is 1. The van der Waals surface area contributed by atoms with Crippen LogP contribution in [0.2, 0.25) is 0 Å². The van der Waals surface area contributed by atoms with Crippen molar-refractivity contribution in [2.24, 2.45) is 4.99 Å². The van der Waals surface area contributed by atoms with E-state index in [4.69, 9.17) is 14.1 Å². The Morgan fingerprint density at radius 2 is 1.88 bits per heavy atom. The Balaban J connectivity index is 1.68. The van der Waals surface area contributed by atoms with Gasteiger partial charge in [-0.25, -0.2) is 4.79 Å². The fourth-order valence-electron chi connectivity index (χ4n) is 3.93. The molecule has 160 valence electrons. The fraction of sp³-hybridized carbons (Fsp3) is 0.154. The summed E-state index contributed by atoms with van der Waals surface area (Å²) >= 11 is 1.69. The van der Waals surface area contributed by atoms with Gasteiger partial charge in [0, 0.05) is 16.6 Å². The van der Waals surface area contributed by atoms with Crippen molar-refractivity contribution < 1.29 is 14.3 Å². The highest BCUT2D eigenvalue weighted by Gasteiger charge is 2.27. The van der Waals surface area contributed by atoms with E-state index in [1.807, 2.05) is 67.6 Å². The second kappa shape index (κ2) is 8.20. The molecule has 4 aromatic rings. The van der Waals surface area contributed by atoms with Crippen LogP contribution in [0.4, 0.5) is 5.69 Å². The Morgan fingerprint density at radius 1 is 1.09 bits per heavy atom. The van der Waals surface area contributed by atoms with Gasteiger partial charge in [0.1, 0.15) is 22.6 Å². The monoisotopic (exact) mass is 443 g/mol. The van der Waals surface area contributed by atoms with Gasteiger partial charge < -0.3 is 14.3 Å². The van der Waals surface area contributed by atoms with Crippen molar-refractivity contribution >= 4 is 34.1 Å². The maximum absolute atomic E-state index is 13.0. The zero-order valence-electron chi connectivity index (χ0n) is 17.7. The summed E-state index contributed by atoms with van der Waals surface area (Å²) in [5, 5.41) is 11.6. The van der Waals surface area contributed by atoms with Gasteiger partial charge in [0.15, 0.2) is 0 Å². The molecule has 1 aliphatic rings. The lowest BCUT2D eigenvalue weighted by Crippen LogP contribution is -2.16. The lowest BCUT2D eigenvalue weighted by atomic mass is 10.00. The third-order valence-electron chi connectivity index (χ3n) is 5.58. The Hall–Kier alpha value is -3.51. The number of rotatable bonds is 3. The molecule has 3 aromatic carbocycles. The highest BCUT2D eigenvalue weighted by atomic mass is 32.2. The first kappa shape index (κ1) is 20.4. The molecule has 0 saturated carbocycles. The SMILES string of the molecule is COc1ccc(C2CC(c3c(O)c4cc(C)ccc4oc3=O)=Nc3ccccc3S2)cc1. The molecular formula is C26H21NO4S. The van der Waals surface area contributed by atoms with E-state index >= 15 is 0 Å². The van der Waals surface area contributed by atoms with Gasteiger partial charge >= 0.3 is 5.63 Å². The number of fused-ring (bicyclic) bond motifs is 2. The maximum atomic E-state index is 13.0. The number of aryl methyl sites for hydroxylation is 1. The Kier molecular flexibility index (Phi) is 5.23. The molecule has 1 aliphatic heterocycles. The predicted molar refractivity (Wildman–Crippen MR) is 128 cm³/mol. The molecule has 0 radical (unpaired) electrons. The van der Waals surface area contributed by atoms with Crippen LogP contribution in [0.1, 0.15) is 28.4 Å². The van der Waals surface area contributed by atoms with Gasteiger partial charge in [-0.3, -0.25) is 4.99 Å². The predicted octanol–water partition coefficient (Wildman–Crippen LogP) is 6.17. The van der Waals surface area contributed by atoms with Crippen LogP contribution in [0.3, 0.4) is 0 Å². The average Bonchev–Trinajstić information content (AvgIpc) is 2.99. The number of hydrogen-bond acceptors (Lipinski definition) is 6. The van der Waals surface area contributed by atoms with Crippen LogP contribution in [-0.2, 0) is 0 Å². The molecule has 0 amide bonds. The van der Waals surface area contributed by atoms with Crippen molar-refractivity contribution in [2.75, 3.05) is 7.11 Å². The second-order valence-electron chi connectivity index (χ2n) is 7.72. The van der Waals surface area contributed by atoms with Gasteiger partial charge in [-0.05, 0) is 48.9 Å². The van der Waals surface area contributed by atoms with Crippen LogP contribution >= 0.6 is 11.8 Å². The molecule has 0 aliphatic carbocycles. The average molecular weight is 444 g/mol. The van der Waals surface area contributed by atoms with Gasteiger partial charge in [0.25, 0.3) is 0 Å². The number of ether oxygens (including phenoxy) is 1. The van der Waals surface area contributed by atoms with Crippen LogP contribution in [0.25, 0.3) is 11.0 Å². The third-order valence-corrected chi connectivity index (χ3v) is 6.90. The van der Waals surface area contributed by atoms with Gasteiger partial charge in [-0.15, -0.1) is 11.8 Å². The van der Waals surface area contributed by atoms with Crippen LogP contribution in [0.15, 0.2) is 85.8 Å². The Morgan fingerprint density at radius 3 is 2.66 bits per heavy atom. The summed E-state index contributed by atoms with van der Waals surface area (Å²) in [5.41, 5.74) is 3.23. The van der Waals surface area contributed by atoms with E-state index in [1.165, 1.54) is 0 Å². The number of hydrogen-bond donors (Lipinski definition) is 1. The first-order chi connectivity index (χ1) is 15.5. The number of methoxy groups -OCH3 is 1. The minimum Gasteiger partial charge on any atom is -0.506 e. The first-order valence-electron chi connectivity index (χ1n) is 10.3. The number of aliphatic imine (C=N–C) groups is 1. The first-order valence-corrected chi connectivity index (χ1v) is 11.2. The van der Waals surface area contributed by atoms with Crippen molar-refractivity contribution in [3.63, 3.8) is 0 Å². The van der Waals surface area contributed by atoms with E-state index in [0.29, 0.717) is 23.1 Å². The molecule has 0 bridgehead atoms. The summed E-state index contributed by atoms with van der Waals surface area (Å²) in [6.07, 6.45) is 0.460. The number of nitrogens with zero attached hydrogens (tertiary/aromatic N) is 1. The van der Waals surface area contributed by atoms with Crippen molar-refractivity contribution in [1.29, 1.82) is 0 Å². The molecule has 0 saturated heterocycles. The van der Waals surface area contributed by atoms with Gasteiger partial charge in [0.2, 0.25) is 0 Å². The fourth-order valence-corrected chi connectivity index (χ4v) is 5.16. The molecule has 1 atom stereocenters. The number of benzene rings is 3. The lowest BCUT2D eigenvalue weighted by molar-refractivity contribution is 0.414. The molecule has 6 heteroatoms. The van der Waals surface area contributed by atoms with Crippen molar-refractivity contribution in [3.05, 3.63) is 93.8 Å². The van der Waals surface area contributed by atoms with E-state index < -0.39 is 5.63 Å². The van der Waals surface area contributed by atoms with Gasteiger partial charge in [0.05, 0.1) is 23.9 Å². The van der Waals surface area contributed by atoms with E-state index in [9.17, 15) is 9.90 Å². The van der Waals surface area contributed by atoms with Gasteiger partial charge in [-0.1, -0.05) is 35.9 Å². The quantitative estimate of drug-likeness (QED) is 0.383. The highest BCUT2D eigenvalue weighted by molar-refractivity contribution is 7.99. The summed E-state index contributed by atoms with van der Waals surface area (Å²) in [6, 6.07) is 21.1. The Labute approximate surface area is 189 Å². The summed E-state index contributed by atoms with van der Waals surface area (Å²) in [4.78, 5) is 18.8. The van der Waals surface area contributed by atoms with Crippen molar-refractivity contribution in [3.8, 4) is 11.5 Å². The zero-order valence-corrected chi connectivity index (χ0v) is 18.5. The molecule has 32 heavy (non-hydrogen) atoms. The zero-order chi connectivity index (χ0) is 22.2. The Bertz CT molecular complexity index is 1410. The molecular weight excluding hydrogens is 422 g/mol. The molecule has 1 N–H and O–H groups in total. The van der Waals surface area contributed by atoms with Gasteiger partial charge in [-0.2, -0.15) is 0 Å². The van der Waals surface area contributed by atoms with E-state index in [1.54, 1.807) is 24.9 Å². The maximum Gasteiger partial charge on any atom is 0.349 e. The molecule has 1 aromatic heterocycles. The topological polar surface area (TPSA) is 72.0 Å². The summed E-state index contributed by atoms with van der Waals surface area (Å²) in [6.45, 7) is 1.93. The summed E-state index contributed by atoms with van der Waals surface area (Å²) in [5.74, 6) is 0.696. The summed E-state index contributed by atoms with van der Waals surface area (Å²) in [7, 11) is 1.64. The normalized spacial score (nSPS) is 15.7. The molecule has 5 rings (SSSR count). The lowest BCUT2D eigenvalue weighted by Gasteiger charge is -2.17. The van der Waals surface area contributed by atoms with Crippen LogP contribution in [-0.4, -0.2) is 17.9 Å².